The van der Waals surface area contributed by atoms with Crippen LogP contribution in [0.4, 0.5) is 17.1 Å². The smallest absolute Gasteiger partial charge is 0.337 e. The number of nitrogens with zero attached hydrogens (tertiary/aromatic N) is 2. The highest BCUT2D eigenvalue weighted by atomic mass is 35.5. The van der Waals surface area contributed by atoms with Crippen LogP contribution in [0.25, 0.3) is 11.1 Å². The molecule has 0 aromatic heterocycles. The molecule has 6 rings (SSSR count). The molecule has 9 nitrogen and oxygen atoms in total. The molecule has 2 aliphatic carbocycles. The average Bonchev–Trinajstić information content (AvgIpc) is 3.07. The van der Waals surface area contributed by atoms with Gasteiger partial charge in [0.2, 0.25) is 20.0 Å². The van der Waals surface area contributed by atoms with E-state index in [1.165, 1.54) is 22.5 Å². The maximum absolute atomic E-state index is 14.3. The number of carbonyl (C=O) groups is 1. The van der Waals surface area contributed by atoms with Crippen LogP contribution >= 0.6 is 11.6 Å². The minimum absolute atomic E-state index is 0.0469. The van der Waals surface area contributed by atoms with Crippen LogP contribution < -0.4 is 9.62 Å². The number of hydrogen-bond donors (Lipinski definition) is 2. The molecule has 0 amide bonds. The lowest BCUT2D eigenvalue weighted by Crippen LogP contribution is -2.46. The van der Waals surface area contributed by atoms with Gasteiger partial charge in [-0.3, -0.25) is 4.72 Å². The van der Waals surface area contributed by atoms with E-state index in [1.54, 1.807) is 19.2 Å². The molecular weight excluding hydrogens is 634 g/mol. The normalized spacial score (nSPS) is 21.0. The van der Waals surface area contributed by atoms with Crippen molar-refractivity contribution >= 4 is 54.7 Å². The van der Waals surface area contributed by atoms with Gasteiger partial charge < -0.3 is 10.0 Å². The Bertz CT molecular complexity index is 1810. The monoisotopic (exact) mass is 671 g/mol. The molecule has 2 fully saturated rings. The summed E-state index contributed by atoms with van der Waals surface area (Å²) >= 11 is 6.88. The molecule has 2 saturated carbocycles. The Kier molecular flexibility index (Phi) is 8.91. The molecule has 0 bridgehead atoms. The van der Waals surface area contributed by atoms with E-state index in [-0.39, 0.29) is 44.8 Å². The van der Waals surface area contributed by atoms with Crippen molar-refractivity contribution in [2.75, 3.05) is 29.0 Å². The number of sulfonamides is 2. The fourth-order valence-electron chi connectivity index (χ4n) is 6.89. The van der Waals surface area contributed by atoms with Gasteiger partial charge in [-0.25, -0.2) is 21.6 Å². The minimum atomic E-state index is -3.99. The molecule has 1 heterocycles. The molecule has 45 heavy (non-hydrogen) atoms. The lowest BCUT2D eigenvalue weighted by molar-refractivity contribution is 0.0698. The van der Waals surface area contributed by atoms with E-state index in [9.17, 15) is 26.7 Å². The summed E-state index contributed by atoms with van der Waals surface area (Å²) < 4.78 is 58.2. The Morgan fingerprint density at radius 1 is 0.978 bits per heavy atom. The number of fused-ring (bicyclic) bond motifs is 1. The number of carboxylic acids is 1. The molecule has 3 aliphatic rings. The molecule has 3 aromatic rings. The second kappa shape index (κ2) is 12.6. The van der Waals surface area contributed by atoms with Crippen molar-refractivity contribution in [1.29, 1.82) is 0 Å². The first-order valence-corrected chi connectivity index (χ1v) is 18.9. The molecule has 1 atom stereocenters. The van der Waals surface area contributed by atoms with Gasteiger partial charge in [-0.2, -0.15) is 4.31 Å². The van der Waals surface area contributed by atoms with E-state index >= 15 is 0 Å². The molecule has 1 aliphatic heterocycles. The van der Waals surface area contributed by atoms with E-state index in [0.29, 0.717) is 23.4 Å². The maximum atomic E-state index is 14.3. The van der Waals surface area contributed by atoms with Gasteiger partial charge in [0.15, 0.2) is 0 Å². The summed E-state index contributed by atoms with van der Waals surface area (Å²) in [5.41, 5.74) is 1.70. The van der Waals surface area contributed by atoms with Crippen molar-refractivity contribution in [2.24, 2.45) is 11.8 Å². The summed E-state index contributed by atoms with van der Waals surface area (Å²) in [5, 5.41) is 10.3. The van der Waals surface area contributed by atoms with E-state index in [2.05, 4.69) is 4.72 Å². The number of anilines is 3. The number of hydrogen-bond acceptors (Lipinski definition) is 6. The number of nitrogens with one attached hydrogen (secondary N) is 1. The molecule has 0 spiro atoms. The van der Waals surface area contributed by atoms with Crippen LogP contribution in [0.2, 0.25) is 5.02 Å². The predicted octanol–water partition coefficient (Wildman–Crippen LogP) is 6.97. The van der Waals surface area contributed by atoms with Crippen molar-refractivity contribution in [3.8, 4) is 11.1 Å². The van der Waals surface area contributed by atoms with Gasteiger partial charge in [-0.15, -0.1) is 0 Å². The zero-order chi connectivity index (χ0) is 31.9. The number of carboxylic acid groups (broad SMARTS) is 1. The third-order valence-electron chi connectivity index (χ3n) is 9.60. The van der Waals surface area contributed by atoms with Crippen LogP contribution in [0.5, 0.6) is 0 Å². The number of para-hydroxylation sites is 1. The topological polar surface area (TPSA) is 124 Å². The highest BCUT2D eigenvalue weighted by molar-refractivity contribution is 7.92. The molecule has 0 radical (unpaired) electrons. The van der Waals surface area contributed by atoms with Gasteiger partial charge in [-0.1, -0.05) is 61.5 Å². The Morgan fingerprint density at radius 2 is 1.69 bits per heavy atom. The van der Waals surface area contributed by atoms with Crippen LogP contribution in [0.3, 0.4) is 0 Å². The first kappa shape index (κ1) is 31.8. The van der Waals surface area contributed by atoms with Crippen molar-refractivity contribution in [3.05, 3.63) is 71.2 Å². The highest BCUT2D eigenvalue weighted by Crippen LogP contribution is 2.45. The van der Waals surface area contributed by atoms with Crippen molar-refractivity contribution in [2.45, 2.75) is 62.3 Å². The third kappa shape index (κ3) is 6.45. The van der Waals surface area contributed by atoms with Gasteiger partial charge in [0.1, 0.15) is 4.90 Å². The molecular formula is C33H38ClN3O6S2. The third-order valence-corrected chi connectivity index (χ3v) is 13.3. The first-order chi connectivity index (χ1) is 21.4. The number of halogens is 1. The van der Waals surface area contributed by atoms with Crippen molar-refractivity contribution in [3.63, 3.8) is 0 Å². The molecule has 0 saturated heterocycles. The van der Waals surface area contributed by atoms with Gasteiger partial charge in [0, 0.05) is 30.9 Å². The summed E-state index contributed by atoms with van der Waals surface area (Å²) in [6, 6.07) is 16.9. The Balaban J connectivity index is 1.44. The van der Waals surface area contributed by atoms with Crippen LogP contribution in [0.15, 0.2) is 65.6 Å². The lowest BCUT2D eigenvalue weighted by Gasteiger charge is -2.36. The second-order valence-corrected chi connectivity index (χ2v) is 16.6. The molecule has 2 N–H and O–H groups in total. The lowest BCUT2D eigenvalue weighted by atomic mass is 9.83. The fourth-order valence-corrected chi connectivity index (χ4v) is 10.3. The van der Waals surface area contributed by atoms with E-state index < -0.39 is 26.0 Å². The quantitative estimate of drug-likeness (QED) is 0.265. The Labute approximate surface area is 270 Å². The fraction of sp³-hybridized carbons (Fsp3) is 0.424. The SMILES string of the molecule is CN1[C@H](C2CCCCC2)CN(c2ccccc2)c2cc(Cl)c(-c3ccc(NS(=O)(=O)CC4CCC4)c(C(=O)O)c3)cc2S1(=O)=O. The number of aromatic carboxylic acids is 1. The van der Waals surface area contributed by atoms with E-state index in [1.807, 2.05) is 35.2 Å². The Hall–Kier alpha value is -3.12. The summed E-state index contributed by atoms with van der Waals surface area (Å²) in [6.45, 7) is 0.464. The molecule has 0 unspecified atom stereocenters. The first-order valence-electron chi connectivity index (χ1n) is 15.5. The summed E-state index contributed by atoms with van der Waals surface area (Å²) in [7, 11) is -6.09. The zero-order valence-electron chi connectivity index (χ0n) is 25.2. The zero-order valence-corrected chi connectivity index (χ0v) is 27.5. The summed E-state index contributed by atoms with van der Waals surface area (Å²) in [5.74, 6) is -1.09. The van der Waals surface area contributed by atoms with Gasteiger partial charge in [-0.05, 0) is 79.5 Å². The predicted molar refractivity (Wildman–Crippen MR) is 177 cm³/mol. The van der Waals surface area contributed by atoms with Crippen molar-refractivity contribution < 1.29 is 26.7 Å². The summed E-state index contributed by atoms with van der Waals surface area (Å²) in [6.07, 6.45) is 7.89. The van der Waals surface area contributed by atoms with Crippen molar-refractivity contribution in [1.82, 2.24) is 4.31 Å². The van der Waals surface area contributed by atoms with Crippen LogP contribution in [-0.4, -0.2) is 57.6 Å². The average molecular weight is 672 g/mol. The van der Waals surface area contributed by atoms with Crippen LogP contribution in [0, 0.1) is 11.8 Å². The molecule has 240 valence electrons. The second-order valence-electron chi connectivity index (χ2n) is 12.5. The van der Waals surface area contributed by atoms with E-state index in [0.717, 1.165) is 57.1 Å². The van der Waals surface area contributed by atoms with Gasteiger partial charge >= 0.3 is 5.97 Å². The largest absolute Gasteiger partial charge is 0.478 e. The molecule has 3 aromatic carbocycles. The standard InChI is InChI=1S/C33H38ClN3O6S2/c1-36-31(23-11-4-2-5-12-23)20-37(25-13-6-3-7-14-25)30-19-28(34)26(18-32(30)45(36,42)43)24-15-16-29(27(17-24)33(38)39)35-44(40,41)21-22-9-8-10-22/h3,6-7,13-19,22-23,31,35H,2,4-5,8-12,20-21H2,1H3,(H,38,39)/t31-/m0/s1. The maximum Gasteiger partial charge on any atom is 0.337 e. The molecule has 12 heteroatoms. The summed E-state index contributed by atoms with van der Waals surface area (Å²) in [4.78, 5) is 14.4. The number of benzene rings is 3. The van der Waals surface area contributed by atoms with Gasteiger partial charge in [0.05, 0.1) is 27.7 Å². The van der Waals surface area contributed by atoms with E-state index in [4.69, 9.17) is 11.6 Å². The number of likely N-dealkylation sites (N-methyl/N-ethyl adjacent to an activating group) is 1. The minimum Gasteiger partial charge on any atom is -0.478 e. The Morgan fingerprint density at radius 3 is 2.33 bits per heavy atom. The number of rotatable bonds is 8. The van der Waals surface area contributed by atoms with Crippen LogP contribution in [-0.2, 0) is 20.0 Å². The highest BCUT2D eigenvalue weighted by Gasteiger charge is 2.41. The van der Waals surface area contributed by atoms with Crippen LogP contribution in [0.1, 0.15) is 61.7 Å². The van der Waals surface area contributed by atoms with Gasteiger partial charge in [0.25, 0.3) is 0 Å².